The minimum atomic E-state index is -0.415. The maximum atomic E-state index is 2.47. The second-order valence-corrected chi connectivity index (χ2v) is 14.0. The zero-order chi connectivity index (χ0) is 28.3. The van der Waals surface area contributed by atoms with Crippen LogP contribution < -0.4 is 0 Å². The maximum Gasteiger partial charge on any atom is 0.0579 e. The molecule has 0 aromatic heterocycles. The third-order valence-corrected chi connectivity index (χ3v) is 9.34. The van der Waals surface area contributed by atoms with E-state index in [0.29, 0.717) is 0 Å². The third-order valence-electron chi connectivity index (χ3n) is 9.34. The van der Waals surface area contributed by atoms with E-state index in [2.05, 4.69) is 164 Å². The normalized spacial score (nSPS) is 15.8. The van der Waals surface area contributed by atoms with Crippen molar-refractivity contribution >= 4 is 0 Å². The van der Waals surface area contributed by atoms with Gasteiger partial charge in [0.25, 0.3) is 0 Å². The van der Waals surface area contributed by atoms with Crippen molar-refractivity contribution in [1.82, 2.24) is 0 Å². The highest BCUT2D eigenvalue weighted by atomic mass is 14.5. The summed E-state index contributed by atoms with van der Waals surface area (Å²) in [5.74, 6) is 0. The second-order valence-electron chi connectivity index (χ2n) is 14.0. The van der Waals surface area contributed by atoms with Gasteiger partial charge in [0.05, 0.1) is 5.41 Å². The Morgan fingerprint density at radius 1 is 0.575 bits per heavy atom. The lowest BCUT2D eigenvalue weighted by Crippen LogP contribution is -2.45. The smallest absolute Gasteiger partial charge is 0.0579 e. The van der Waals surface area contributed by atoms with E-state index in [4.69, 9.17) is 0 Å². The van der Waals surface area contributed by atoms with Crippen molar-refractivity contribution in [1.29, 1.82) is 0 Å². The van der Waals surface area contributed by atoms with Gasteiger partial charge in [0, 0.05) is 5.41 Å². The molecule has 0 aliphatic heterocycles. The van der Waals surface area contributed by atoms with Gasteiger partial charge in [-0.25, -0.2) is 0 Å². The van der Waals surface area contributed by atoms with Crippen LogP contribution in [0.3, 0.4) is 0 Å². The van der Waals surface area contributed by atoms with Crippen molar-refractivity contribution < 1.29 is 0 Å². The van der Waals surface area contributed by atoms with Crippen LogP contribution in [0.1, 0.15) is 87.4 Å². The van der Waals surface area contributed by atoms with E-state index >= 15 is 0 Å². The fraction of sp³-hybridized carbons (Fsp3) is 0.300. The number of hydrogen-bond acceptors (Lipinski definition) is 0. The average Bonchev–Trinajstić information content (AvgIpc) is 3.53. The number of hydrogen-bond donors (Lipinski definition) is 0. The van der Waals surface area contributed by atoms with Crippen molar-refractivity contribution in [2.75, 3.05) is 0 Å². The maximum absolute atomic E-state index is 2.47. The first kappa shape index (κ1) is 26.6. The van der Waals surface area contributed by atoms with Gasteiger partial charge >= 0.3 is 0 Å². The van der Waals surface area contributed by atoms with Gasteiger partial charge in [-0.15, -0.1) is 0 Å². The standard InChI is InChI=1S/C40H42/c1-37(2,3)31-20-21-32-28(26-31)27-34-33(32)22-23-35(38(4,5)6)36(34)40(29-16-10-8-11-17-29,30-18-12-9-13-19-30)39(7)24-14-15-25-39/h8-26H,27H2,1-7H3. The summed E-state index contributed by atoms with van der Waals surface area (Å²) in [5, 5.41) is 0. The Morgan fingerprint density at radius 3 is 1.65 bits per heavy atom. The molecule has 6 rings (SSSR count). The van der Waals surface area contributed by atoms with Gasteiger partial charge in [-0.1, -0.05) is 164 Å². The van der Waals surface area contributed by atoms with E-state index in [-0.39, 0.29) is 16.2 Å². The Morgan fingerprint density at radius 2 is 1.12 bits per heavy atom. The topological polar surface area (TPSA) is 0 Å². The number of benzene rings is 4. The van der Waals surface area contributed by atoms with E-state index in [9.17, 15) is 0 Å². The van der Waals surface area contributed by atoms with Crippen molar-refractivity contribution in [3.05, 3.63) is 154 Å². The van der Waals surface area contributed by atoms with Crippen molar-refractivity contribution in [2.45, 2.75) is 71.1 Å². The van der Waals surface area contributed by atoms with Gasteiger partial charge in [-0.05, 0) is 67.3 Å². The first-order chi connectivity index (χ1) is 19.0. The van der Waals surface area contributed by atoms with Crippen LogP contribution in [0.15, 0.2) is 115 Å². The summed E-state index contributed by atoms with van der Waals surface area (Å²) in [4.78, 5) is 0. The van der Waals surface area contributed by atoms with Crippen LogP contribution >= 0.6 is 0 Å². The zero-order valence-corrected chi connectivity index (χ0v) is 25.2. The Balaban J connectivity index is 1.77. The largest absolute Gasteiger partial charge is 0.0733 e. The lowest BCUT2D eigenvalue weighted by molar-refractivity contribution is 0.362. The van der Waals surface area contributed by atoms with E-state index in [0.717, 1.165) is 6.42 Å². The fourth-order valence-corrected chi connectivity index (χ4v) is 7.34. The molecule has 202 valence electrons. The molecule has 0 heteroatoms. The molecule has 0 bridgehead atoms. The van der Waals surface area contributed by atoms with Gasteiger partial charge in [0.2, 0.25) is 0 Å². The molecule has 0 nitrogen and oxygen atoms in total. The Hall–Kier alpha value is -3.64. The predicted octanol–water partition coefficient (Wildman–Crippen LogP) is 10.3. The highest BCUT2D eigenvalue weighted by molar-refractivity contribution is 5.81. The van der Waals surface area contributed by atoms with Crippen LogP contribution in [-0.4, -0.2) is 0 Å². The lowest BCUT2D eigenvalue weighted by Gasteiger charge is -2.50. The first-order valence-corrected chi connectivity index (χ1v) is 14.8. The molecule has 0 fully saturated rings. The molecule has 0 amide bonds. The predicted molar refractivity (Wildman–Crippen MR) is 171 cm³/mol. The number of rotatable bonds is 4. The van der Waals surface area contributed by atoms with E-state index in [1.54, 1.807) is 0 Å². The molecule has 40 heavy (non-hydrogen) atoms. The highest BCUT2D eigenvalue weighted by Crippen LogP contribution is 2.59. The monoisotopic (exact) mass is 522 g/mol. The molecule has 2 aliphatic rings. The Bertz CT molecular complexity index is 1560. The molecule has 4 aromatic rings. The fourth-order valence-electron chi connectivity index (χ4n) is 7.34. The highest BCUT2D eigenvalue weighted by Gasteiger charge is 2.53. The Labute approximate surface area is 241 Å². The molecule has 0 saturated heterocycles. The molecular formula is C40H42. The summed E-state index contributed by atoms with van der Waals surface area (Å²) < 4.78 is 0. The number of allylic oxidation sites excluding steroid dienone is 4. The molecule has 0 heterocycles. The third kappa shape index (κ3) is 3.95. The van der Waals surface area contributed by atoms with Crippen molar-refractivity contribution in [3.63, 3.8) is 0 Å². The summed E-state index contributed by atoms with van der Waals surface area (Å²) >= 11 is 0. The van der Waals surface area contributed by atoms with E-state index in [1.807, 2.05) is 0 Å². The first-order valence-electron chi connectivity index (χ1n) is 14.8. The van der Waals surface area contributed by atoms with Crippen LogP contribution in [0.25, 0.3) is 11.1 Å². The molecule has 0 atom stereocenters. The van der Waals surface area contributed by atoms with E-state index in [1.165, 1.54) is 50.1 Å². The van der Waals surface area contributed by atoms with Crippen molar-refractivity contribution in [2.24, 2.45) is 5.41 Å². The lowest BCUT2D eigenvalue weighted by atomic mass is 9.52. The van der Waals surface area contributed by atoms with Crippen LogP contribution in [0.4, 0.5) is 0 Å². The summed E-state index contributed by atoms with van der Waals surface area (Å²) in [7, 11) is 0. The molecule has 0 unspecified atom stereocenters. The molecule has 4 aromatic carbocycles. The molecule has 0 radical (unpaired) electrons. The van der Waals surface area contributed by atoms with E-state index < -0.39 is 5.41 Å². The van der Waals surface area contributed by atoms with Gasteiger partial charge < -0.3 is 0 Å². The second kappa shape index (κ2) is 9.20. The van der Waals surface area contributed by atoms with Crippen molar-refractivity contribution in [3.8, 4) is 11.1 Å². The van der Waals surface area contributed by atoms with Gasteiger partial charge in [0.1, 0.15) is 0 Å². The molecule has 2 aliphatic carbocycles. The summed E-state index contributed by atoms with van der Waals surface area (Å²) in [6.07, 6.45) is 10.3. The number of fused-ring (bicyclic) bond motifs is 3. The van der Waals surface area contributed by atoms with Crippen LogP contribution in [0.5, 0.6) is 0 Å². The SMILES string of the molecule is CC(C)(C)c1ccc2c(c1)Cc1c-2ccc(C(C)(C)C)c1C(c1ccccc1)(c1ccccc1)C1(C)C=CC=C1. The molecule has 0 spiro atoms. The summed E-state index contributed by atoms with van der Waals surface area (Å²) in [6.45, 7) is 16.5. The molecular weight excluding hydrogens is 480 g/mol. The average molecular weight is 523 g/mol. The Kier molecular flexibility index (Phi) is 6.11. The zero-order valence-electron chi connectivity index (χ0n) is 25.2. The van der Waals surface area contributed by atoms with Crippen LogP contribution in [-0.2, 0) is 22.7 Å². The van der Waals surface area contributed by atoms with Gasteiger partial charge in [-0.2, -0.15) is 0 Å². The molecule has 0 N–H and O–H groups in total. The quantitative estimate of drug-likeness (QED) is 0.206. The van der Waals surface area contributed by atoms with Crippen LogP contribution in [0.2, 0.25) is 0 Å². The summed E-state index contributed by atoms with van der Waals surface area (Å²) in [6, 6.07) is 34.6. The van der Waals surface area contributed by atoms with Gasteiger partial charge in [-0.3, -0.25) is 0 Å². The minimum absolute atomic E-state index is 0.0348. The molecule has 0 saturated carbocycles. The van der Waals surface area contributed by atoms with Crippen LogP contribution in [0, 0.1) is 5.41 Å². The van der Waals surface area contributed by atoms with Gasteiger partial charge in [0.15, 0.2) is 0 Å². The minimum Gasteiger partial charge on any atom is -0.0733 e. The summed E-state index contributed by atoms with van der Waals surface area (Å²) in [5.41, 5.74) is 12.1.